The standard InChI is InChI=1S/C14H17BrN2OS/c1-2-18-12-5-3-10(4-6-12)14(17-16)8-13-7-11(15)9-19-13/h3-7,9,14,17H,2,8,16H2,1H3. The average molecular weight is 341 g/mol. The van der Waals surface area contributed by atoms with Gasteiger partial charge in [0.25, 0.3) is 0 Å². The van der Waals surface area contributed by atoms with Crippen molar-refractivity contribution in [2.75, 3.05) is 6.61 Å². The van der Waals surface area contributed by atoms with E-state index >= 15 is 0 Å². The molecule has 3 nitrogen and oxygen atoms in total. The number of ether oxygens (including phenoxy) is 1. The van der Waals surface area contributed by atoms with Gasteiger partial charge in [0.15, 0.2) is 0 Å². The lowest BCUT2D eigenvalue weighted by Crippen LogP contribution is -2.29. The molecule has 19 heavy (non-hydrogen) atoms. The fourth-order valence-electron chi connectivity index (χ4n) is 1.90. The van der Waals surface area contributed by atoms with E-state index in [1.165, 1.54) is 4.88 Å². The summed E-state index contributed by atoms with van der Waals surface area (Å²) in [6.07, 6.45) is 0.876. The second-order valence-electron chi connectivity index (χ2n) is 4.16. The highest BCUT2D eigenvalue weighted by atomic mass is 79.9. The van der Waals surface area contributed by atoms with Gasteiger partial charge in [-0.25, -0.2) is 0 Å². The molecule has 3 N–H and O–H groups in total. The van der Waals surface area contributed by atoms with E-state index in [9.17, 15) is 0 Å². The number of nitrogens with one attached hydrogen (secondary N) is 1. The highest BCUT2D eigenvalue weighted by molar-refractivity contribution is 9.10. The number of rotatable bonds is 6. The molecule has 1 atom stereocenters. The molecule has 1 aromatic heterocycles. The molecule has 0 aliphatic carbocycles. The van der Waals surface area contributed by atoms with Crippen molar-refractivity contribution in [1.29, 1.82) is 0 Å². The van der Waals surface area contributed by atoms with E-state index in [2.05, 4.69) is 44.9 Å². The molecule has 1 heterocycles. The molecule has 0 saturated heterocycles. The second-order valence-corrected chi connectivity index (χ2v) is 6.07. The first-order valence-corrected chi connectivity index (χ1v) is 7.82. The van der Waals surface area contributed by atoms with Crippen molar-refractivity contribution in [3.8, 4) is 5.75 Å². The van der Waals surface area contributed by atoms with Crippen LogP contribution in [0.5, 0.6) is 5.75 Å². The summed E-state index contributed by atoms with van der Waals surface area (Å²) in [4.78, 5) is 1.30. The summed E-state index contributed by atoms with van der Waals surface area (Å²) >= 11 is 5.20. The number of thiophene rings is 1. The second kappa shape index (κ2) is 7.05. The largest absolute Gasteiger partial charge is 0.494 e. The van der Waals surface area contributed by atoms with Gasteiger partial charge in [-0.2, -0.15) is 0 Å². The Morgan fingerprint density at radius 3 is 2.63 bits per heavy atom. The monoisotopic (exact) mass is 340 g/mol. The molecular weight excluding hydrogens is 324 g/mol. The van der Waals surface area contributed by atoms with Crippen LogP contribution < -0.4 is 16.0 Å². The van der Waals surface area contributed by atoms with Crippen molar-refractivity contribution in [1.82, 2.24) is 5.43 Å². The van der Waals surface area contributed by atoms with Gasteiger partial charge in [0.1, 0.15) is 5.75 Å². The van der Waals surface area contributed by atoms with Gasteiger partial charge in [-0.1, -0.05) is 12.1 Å². The van der Waals surface area contributed by atoms with Gasteiger partial charge in [-0.3, -0.25) is 11.3 Å². The summed E-state index contributed by atoms with van der Waals surface area (Å²) in [7, 11) is 0. The van der Waals surface area contributed by atoms with Crippen LogP contribution in [0.15, 0.2) is 40.2 Å². The molecule has 0 spiro atoms. The van der Waals surface area contributed by atoms with Gasteiger partial charge in [0, 0.05) is 21.2 Å². The Bertz CT molecular complexity index is 512. The molecule has 0 bridgehead atoms. The lowest BCUT2D eigenvalue weighted by atomic mass is 10.0. The molecule has 0 fully saturated rings. The molecule has 2 aromatic rings. The quantitative estimate of drug-likeness (QED) is 0.623. The van der Waals surface area contributed by atoms with Gasteiger partial charge in [0.05, 0.1) is 12.6 Å². The average Bonchev–Trinajstić information content (AvgIpc) is 2.83. The number of hydrazine groups is 1. The van der Waals surface area contributed by atoms with Crippen LogP contribution in [0, 0.1) is 0 Å². The van der Waals surface area contributed by atoms with Crippen molar-refractivity contribution >= 4 is 27.3 Å². The molecule has 102 valence electrons. The van der Waals surface area contributed by atoms with Gasteiger partial charge < -0.3 is 4.74 Å². The maximum absolute atomic E-state index is 5.67. The van der Waals surface area contributed by atoms with Crippen LogP contribution in [-0.2, 0) is 6.42 Å². The third-order valence-electron chi connectivity index (χ3n) is 2.82. The molecule has 1 aromatic carbocycles. The topological polar surface area (TPSA) is 47.3 Å². The van der Waals surface area contributed by atoms with Crippen molar-refractivity contribution in [2.45, 2.75) is 19.4 Å². The van der Waals surface area contributed by atoms with Crippen LogP contribution in [0.25, 0.3) is 0 Å². The third-order valence-corrected chi connectivity index (χ3v) is 4.54. The fraction of sp³-hybridized carbons (Fsp3) is 0.286. The minimum atomic E-state index is 0.112. The smallest absolute Gasteiger partial charge is 0.119 e. The normalized spacial score (nSPS) is 12.4. The summed E-state index contributed by atoms with van der Waals surface area (Å²) < 4.78 is 6.56. The Morgan fingerprint density at radius 2 is 2.11 bits per heavy atom. The number of hydrogen-bond acceptors (Lipinski definition) is 4. The third kappa shape index (κ3) is 4.04. The molecule has 2 rings (SSSR count). The fourth-order valence-corrected chi connectivity index (χ4v) is 3.40. The molecule has 0 amide bonds. The molecule has 0 aliphatic heterocycles. The first-order chi connectivity index (χ1) is 9.22. The van der Waals surface area contributed by atoms with E-state index in [-0.39, 0.29) is 6.04 Å². The van der Waals surface area contributed by atoms with Crippen LogP contribution in [0.4, 0.5) is 0 Å². The Labute approximate surface area is 125 Å². The van der Waals surface area contributed by atoms with E-state index in [0.717, 1.165) is 22.2 Å². The predicted octanol–water partition coefficient (Wildman–Crippen LogP) is 3.66. The van der Waals surface area contributed by atoms with E-state index < -0.39 is 0 Å². The van der Waals surface area contributed by atoms with E-state index in [0.29, 0.717) is 6.61 Å². The molecule has 5 heteroatoms. The van der Waals surface area contributed by atoms with Crippen LogP contribution in [0.3, 0.4) is 0 Å². The van der Waals surface area contributed by atoms with Crippen LogP contribution in [-0.4, -0.2) is 6.61 Å². The molecule has 0 radical (unpaired) electrons. The minimum absolute atomic E-state index is 0.112. The summed E-state index contributed by atoms with van der Waals surface area (Å²) in [6.45, 7) is 2.66. The van der Waals surface area contributed by atoms with Gasteiger partial charge in [0.2, 0.25) is 0 Å². The molecule has 0 saturated carbocycles. The SMILES string of the molecule is CCOc1ccc(C(Cc2cc(Br)cs2)NN)cc1. The number of benzene rings is 1. The first-order valence-electron chi connectivity index (χ1n) is 6.14. The Morgan fingerprint density at radius 1 is 1.37 bits per heavy atom. The lowest BCUT2D eigenvalue weighted by Gasteiger charge is -2.16. The zero-order chi connectivity index (χ0) is 13.7. The van der Waals surface area contributed by atoms with Crippen LogP contribution >= 0.6 is 27.3 Å². The molecule has 1 unspecified atom stereocenters. The number of halogens is 1. The van der Waals surface area contributed by atoms with Crippen molar-refractivity contribution in [3.05, 3.63) is 50.6 Å². The number of hydrogen-bond donors (Lipinski definition) is 2. The van der Waals surface area contributed by atoms with E-state index in [1.807, 2.05) is 19.1 Å². The summed E-state index contributed by atoms with van der Waals surface area (Å²) in [6, 6.07) is 10.3. The summed E-state index contributed by atoms with van der Waals surface area (Å²) in [5, 5.41) is 2.08. The first kappa shape index (κ1) is 14.5. The Hall–Kier alpha value is -0.880. The van der Waals surface area contributed by atoms with Gasteiger partial charge >= 0.3 is 0 Å². The van der Waals surface area contributed by atoms with Crippen LogP contribution in [0.1, 0.15) is 23.4 Å². The van der Waals surface area contributed by atoms with Crippen molar-refractivity contribution in [2.24, 2.45) is 5.84 Å². The highest BCUT2D eigenvalue weighted by Gasteiger charge is 2.12. The van der Waals surface area contributed by atoms with Crippen molar-refractivity contribution < 1.29 is 4.74 Å². The number of nitrogens with two attached hydrogens (primary N) is 1. The zero-order valence-electron chi connectivity index (χ0n) is 10.7. The molecule has 0 aliphatic rings. The highest BCUT2D eigenvalue weighted by Crippen LogP contribution is 2.26. The lowest BCUT2D eigenvalue weighted by molar-refractivity contribution is 0.340. The Kier molecular flexibility index (Phi) is 5.39. The minimum Gasteiger partial charge on any atom is -0.494 e. The summed E-state index contributed by atoms with van der Waals surface area (Å²) in [5.74, 6) is 6.56. The molecular formula is C14H17BrN2OS. The summed E-state index contributed by atoms with van der Waals surface area (Å²) in [5.41, 5.74) is 4.04. The maximum Gasteiger partial charge on any atom is 0.119 e. The van der Waals surface area contributed by atoms with E-state index in [4.69, 9.17) is 10.6 Å². The van der Waals surface area contributed by atoms with Gasteiger partial charge in [-0.15, -0.1) is 11.3 Å². The maximum atomic E-state index is 5.67. The van der Waals surface area contributed by atoms with Gasteiger partial charge in [-0.05, 0) is 46.6 Å². The van der Waals surface area contributed by atoms with Crippen molar-refractivity contribution in [3.63, 3.8) is 0 Å². The van der Waals surface area contributed by atoms with E-state index in [1.54, 1.807) is 11.3 Å². The Balaban J connectivity index is 2.08. The zero-order valence-corrected chi connectivity index (χ0v) is 13.1. The predicted molar refractivity (Wildman–Crippen MR) is 83.4 cm³/mol. The van der Waals surface area contributed by atoms with Crippen LogP contribution in [0.2, 0.25) is 0 Å².